The first-order valence-electron chi connectivity index (χ1n) is 12.1. The van der Waals surface area contributed by atoms with E-state index < -0.39 is 29.0 Å². The van der Waals surface area contributed by atoms with Gasteiger partial charge in [-0.15, -0.1) is 0 Å². The van der Waals surface area contributed by atoms with E-state index in [1.54, 1.807) is 0 Å². The Labute approximate surface area is 202 Å². The van der Waals surface area contributed by atoms with E-state index in [9.17, 15) is 22.4 Å². The Bertz CT molecular complexity index is 1060. The van der Waals surface area contributed by atoms with Crippen molar-refractivity contribution < 1.29 is 22.4 Å². The number of anilines is 2. The van der Waals surface area contributed by atoms with Crippen LogP contribution in [0.3, 0.4) is 0 Å². The zero-order chi connectivity index (χ0) is 25.2. The van der Waals surface area contributed by atoms with Gasteiger partial charge in [0.15, 0.2) is 0 Å². The number of halogens is 4. The van der Waals surface area contributed by atoms with Crippen molar-refractivity contribution >= 4 is 17.7 Å². The maximum atomic E-state index is 14.1. The highest BCUT2D eigenvalue weighted by atomic mass is 19.4. The van der Waals surface area contributed by atoms with Crippen LogP contribution in [0.25, 0.3) is 0 Å². The van der Waals surface area contributed by atoms with Crippen molar-refractivity contribution in [3.05, 3.63) is 46.4 Å². The van der Waals surface area contributed by atoms with Gasteiger partial charge in [0.1, 0.15) is 11.6 Å². The van der Waals surface area contributed by atoms with Crippen LogP contribution in [0.15, 0.2) is 18.2 Å². The Morgan fingerprint density at radius 3 is 2.49 bits per heavy atom. The second-order valence-electron chi connectivity index (χ2n) is 9.63. The summed E-state index contributed by atoms with van der Waals surface area (Å²) in [6.07, 6.45) is 2.65. The van der Waals surface area contributed by atoms with Crippen molar-refractivity contribution in [3.8, 4) is 0 Å². The molecule has 1 fully saturated rings. The lowest BCUT2D eigenvalue weighted by molar-refractivity contribution is -0.138. The molecule has 1 heterocycles. The fourth-order valence-corrected chi connectivity index (χ4v) is 5.02. The lowest BCUT2D eigenvalue weighted by Crippen LogP contribution is -2.35. The van der Waals surface area contributed by atoms with Gasteiger partial charge in [-0.25, -0.2) is 9.37 Å². The number of aromatic nitrogens is 2. The van der Waals surface area contributed by atoms with Crippen molar-refractivity contribution in [2.24, 2.45) is 5.92 Å². The van der Waals surface area contributed by atoms with Gasteiger partial charge >= 0.3 is 6.18 Å². The number of alkyl halides is 3. The third kappa shape index (κ3) is 5.85. The molecule has 10 heteroatoms. The number of carbonyl (C=O) groups excluding carboxylic acids is 1. The van der Waals surface area contributed by atoms with Crippen LogP contribution in [0.1, 0.15) is 65.7 Å². The van der Waals surface area contributed by atoms with Gasteiger partial charge < -0.3 is 15.5 Å². The van der Waals surface area contributed by atoms with Crippen LogP contribution >= 0.6 is 0 Å². The molecule has 1 aromatic carbocycles. The molecule has 0 saturated heterocycles. The van der Waals surface area contributed by atoms with Crippen LogP contribution in [0, 0.1) is 11.7 Å². The van der Waals surface area contributed by atoms with Crippen LogP contribution < -0.4 is 15.5 Å². The van der Waals surface area contributed by atoms with Gasteiger partial charge in [0.2, 0.25) is 5.95 Å². The maximum absolute atomic E-state index is 14.1. The SMILES string of the molecule is CN(C)c1nc(NC2CCC(CNC(=O)c3c(F)cccc3C(F)(F)F)CC2)nc2c1CCCC2. The van der Waals surface area contributed by atoms with Gasteiger partial charge in [0.25, 0.3) is 5.91 Å². The van der Waals surface area contributed by atoms with Gasteiger partial charge in [-0.3, -0.25) is 4.79 Å². The Morgan fingerprint density at radius 2 is 1.80 bits per heavy atom. The summed E-state index contributed by atoms with van der Waals surface area (Å²) in [5.74, 6) is -0.507. The molecule has 2 aliphatic rings. The molecule has 35 heavy (non-hydrogen) atoms. The van der Waals surface area contributed by atoms with Crippen molar-refractivity contribution in [1.29, 1.82) is 0 Å². The largest absolute Gasteiger partial charge is 0.417 e. The summed E-state index contributed by atoms with van der Waals surface area (Å²) in [6.45, 7) is 0.206. The molecule has 2 aromatic rings. The monoisotopic (exact) mass is 493 g/mol. The smallest absolute Gasteiger partial charge is 0.362 e. The van der Waals surface area contributed by atoms with Gasteiger partial charge in [-0.1, -0.05) is 6.07 Å². The Morgan fingerprint density at radius 1 is 1.09 bits per heavy atom. The second kappa shape index (κ2) is 10.4. The number of benzene rings is 1. The van der Waals surface area contributed by atoms with Gasteiger partial charge in [0.05, 0.1) is 16.8 Å². The first kappa shape index (κ1) is 25.2. The molecule has 1 aromatic heterocycles. The van der Waals surface area contributed by atoms with Crippen molar-refractivity contribution in [1.82, 2.24) is 15.3 Å². The van der Waals surface area contributed by atoms with Crippen molar-refractivity contribution in [2.75, 3.05) is 30.9 Å². The third-order valence-corrected chi connectivity index (χ3v) is 6.86. The lowest BCUT2D eigenvalue weighted by Gasteiger charge is -2.30. The molecule has 0 unspecified atom stereocenters. The fraction of sp³-hybridized carbons (Fsp3) is 0.560. The molecule has 0 radical (unpaired) electrons. The minimum Gasteiger partial charge on any atom is -0.362 e. The lowest BCUT2D eigenvalue weighted by atomic mass is 9.86. The molecule has 2 N–H and O–H groups in total. The summed E-state index contributed by atoms with van der Waals surface area (Å²) in [6, 6.07) is 2.73. The molecular weight excluding hydrogens is 462 g/mol. The molecule has 1 saturated carbocycles. The minimum absolute atomic E-state index is 0.111. The molecule has 1 amide bonds. The molecule has 0 bridgehead atoms. The van der Waals surface area contributed by atoms with Crippen LogP contribution in [0.5, 0.6) is 0 Å². The molecule has 0 atom stereocenters. The maximum Gasteiger partial charge on any atom is 0.417 e. The number of hydrogen-bond donors (Lipinski definition) is 2. The highest BCUT2D eigenvalue weighted by Gasteiger charge is 2.37. The van der Waals surface area contributed by atoms with E-state index in [2.05, 4.69) is 10.6 Å². The number of nitrogens with one attached hydrogen (secondary N) is 2. The average Bonchev–Trinajstić information content (AvgIpc) is 2.82. The predicted molar refractivity (Wildman–Crippen MR) is 126 cm³/mol. The van der Waals surface area contributed by atoms with Crippen LogP contribution in [0.4, 0.5) is 29.3 Å². The minimum atomic E-state index is -4.80. The van der Waals surface area contributed by atoms with E-state index in [4.69, 9.17) is 9.97 Å². The van der Waals surface area contributed by atoms with E-state index in [1.807, 2.05) is 19.0 Å². The first-order chi connectivity index (χ1) is 16.6. The number of amides is 1. The highest BCUT2D eigenvalue weighted by molar-refractivity contribution is 5.96. The summed E-state index contributed by atoms with van der Waals surface area (Å²) in [4.78, 5) is 23.9. The highest BCUT2D eigenvalue weighted by Crippen LogP contribution is 2.33. The standard InChI is InChI=1S/C25H31F4N5O/c1-34(2)22-17-6-3-4-9-20(17)32-24(33-22)31-16-12-10-15(11-13-16)14-30-23(35)21-18(25(27,28)29)7-5-8-19(21)26/h5,7-8,15-16H,3-4,6,9-14H2,1-2H3,(H,30,35)(H,31,32,33). The van der Waals surface area contributed by atoms with E-state index in [0.29, 0.717) is 5.95 Å². The number of fused-ring (bicyclic) bond motifs is 1. The normalized spacial score (nSPS) is 20.2. The first-order valence-corrected chi connectivity index (χ1v) is 12.1. The second-order valence-corrected chi connectivity index (χ2v) is 9.63. The summed E-state index contributed by atoms with van der Waals surface area (Å²) < 4.78 is 53.7. The molecule has 4 rings (SSSR count). The Balaban J connectivity index is 1.33. The zero-order valence-electron chi connectivity index (χ0n) is 20.0. The summed E-state index contributed by atoms with van der Waals surface area (Å²) in [5.41, 5.74) is 0.136. The van der Waals surface area contributed by atoms with Gasteiger partial charge in [-0.05, 0) is 69.4 Å². The molecular formula is C25H31F4N5O. The van der Waals surface area contributed by atoms with Crippen LogP contribution in [0.2, 0.25) is 0 Å². The van der Waals surface area contributed by atoms with Gasteiger partial charge in [0, 0.05) is 32.2 Å². The number of nitrogens with zero attached hydrogens (tertiary/aromatic N) is 3. The summed E-state index contributed by atoms with van der Waals surface area (Å²) in [7, 11) is 3.97. The quantitative estimate of drug-likeness (QED) is 0.556. The van der Waals surface area contributed by atoms with E-state index in [1.165, 1.54) is 5.56 Å². The number of hydrogen-bond acceptors (Lipinski definition) is 5. The topological polar surface area (TPSA) is 70.2 Å². The molecule has 2 aliphatic carbocycles. The fourth-order valence-electron chi connectivity index (χ4n) is 5.02. The summed E-state index contributed by atoms with van der Waals surface area (Å²) in [5, 5.41) is 5.97. The third-order valence-electron chi connectivity index (χ3n) is 6.86. The van der Waals surface area contributed by atoms with E-state index in [-0.39, 0.29) is 18.5 Å². The average molecular weight is 494 g/mol. The molecule has 190 valence electrons. The van der Waals surface area contributed by atoms with Crippen molar-refractivity contribution in [3.63, 3.8) is 0 Å². The summed E-state index contributed by atoms with van der Waals surface area (Å²) >= 11 is 0. The molecule has 0 aliphatic heterocycles. The number of carbonyl (C=O) groups is 1. The number of rotatable bonds is 6. The van der Waals surface area contributed by atoms with Gasteiger partial charge in [-0.2, -0.15) is 18.2 Å². The van der Waals surface area contributed by atoms with E-state index in [0.717, 1.165) is 81.1 Å². The van der Waals surface area contributed by atoms with Crippen LogP contribution in [-0.4, -0.2) is 42.6 Å². The number of aryl methyl sites for hydroxylation is 1. The van der Waals surface area contributed by atoms with Crippen molar-refractivity contribution in [2.45, 2.75) is 63.6 Å². The van der Waals surface area contributed by atoms with E-state index >= 15 is 0 Å². The molecule has 0 spiro atoms. The Kier molecular flexibility index (Phi) is 7.47. The van der Waals surface area contributed by atoms with Crippen LogP contribution in [-0.2, 0) is 19.0 Å². The zero-order valence-corrected chi connectivity index (χ0v) is 20.0. The molecule has 6 nitrogen and oxygen atoms in total. The Hall–Kier alpha value is -2.91. The predicted octanol–water partition coefficient (Wildman–Crippen LogP) is 4.98.